The maximum atomic E-state index is 12.3. The van der Waals surface area contributed by atoms with E-state index in [0.717, 1.165) is 10.6 Å². The van der Waals surface area contributed by atoms with Crippen molar-refractivity contribution in [3.05, 3.63) is 40.0 Å². The first kappa shape index (κ1) is 13.4. The monoisotopic (exact) mass is 277 g/mol. The number of nitrogen functional groups attached to an aromatic ring is 1. The van der Waals surface area contributed by atoms with Crippen molar-refractivity contribution < 1.29 is 4.79 Å². The molecule has 0 saturated heterocycles. The fourth-order valence-corrected chi connectivity index (χ4v) is 2.49. The number of hydrogen-bond donors (Lipinski definition) is 2. The number of amides is 1. The quantitative estimate of drug-likeness (QED) is 0.652. The average Bonchev–Trinajstić information content (AvgIpc) is 2.83. The maximum absolute atomic E-state index is 12.3. The maximum Gasteiger partial charge on any atom is 0.257 e. The van der Waals surface area contributed by atoms with E-state index >= 15 is 0 Å². The first-order valence-electron chi connectivity index (χ1n) is 5.69. The number of nitrogens with zero attached hydrogens (tertiary/aromatic N) is 3. The van der Waals surface area contributed by atoms with Crippen molar-refractivity contribution in [2.75, 3.05) is 12.5 Å². The molecule has 19 heavy (non-hydrogen) atoms. The number of nitrogens with two attached hydrogens (primary N) is 1. The molecule has 0 fully saturated rings. The molecule has 0 radical (unpaired) electrons. The van der Waals surface area contributed by atoms with E-state index < -0.39 is 0 Å². The van der Waals surface area contributed by atoms with Crippen LogP contribution in [-0.4, -0.2) is 27.8 Å². The van der Waals surface area contributed by atoms with Crippen LogP contribution in [0.15, 0.2) is 23.8 Å². The van der Waals surface area contributed by atoms with Gasteiger partial charge in [0.25, 0.3) is 5.91 Å². The Morgan fingerprint density at radius 1 is 1.53 bits per heavy atom. The van der Waals surface area contributed by atoms with Crippen LogP contribution >= 0.6 is 11.3 Å². The lowest BCUT2D eigenvalue weighted by atomic mass is 10.2. The number of thiazole rings is 1. The lowest BCUT2D eigenvalue weighted by Gasteiger charge is -2.17. The number of aryl methyl sites for hydroxylation is 1. The van der Waals surface area contributed by atoms with Crippen LogP contribution in [0.3, 0.4) is 0 Å². The molecule has 0 bridgehead atoms. The van der Waals surface area contributed by atoms with Gasteiger partial charge in [-0.05, 0) is 19.1 Å². The third-order valence-corrected chi connectivity index (χ3v) is 3.67. The zero-order valence-corrected chi connectivity index (χ0v) is 11.6. The van der Waals surface area contributed by atoms with Crippen LogP contribution < -0.4 is 11.3 Å². The summed E-state index contributed by atoms with van der Waals surface area (Å²) in [6.45, 7) is 2.45. The summed E-state index contributed by atoms with van der Waals surface area (Å²) in [5.41, 5.74) is 5.62. The van der Waals surface area contributed by atoms with Gasteiger partial charge in [0.1, 0.15) is 0 Å². The molecule has 1 amide bonds. The van der Waals surface area contributed by atoms with Gasteiger partial charge < -0.3 is 10.3 Å². The van der Waals surface area contributed by atoms with E-state index in [-0.39, 0.29) is 5.91 Å². The van der Waals surface area contributed by atoms with Crippen LogP contribution in [0.2, 0.25) is 0 Å². The summed E-state index contributed by atoms with van der Waals surface area (Å²) < 4.78 is 0. The number of carbonyl (C=O) groups excluding carboxylic acids is 1. The van der Waals surface area contributed by atoms with Gasteiger partial charge in [-0.1, -0.05) is 0 Å². The minimum atomic E-state index is -0.131. The molecule has 2 heterocycles. The summed E-state index contributed by atoms with van der Waals surface area (Å²) in [4.78, 5) is 23.2. The standard InChI is InChI=1S/C12H15N5OS/c1-8-10(19-7-15-8)6-17(2)12(18)9-4-3-5-14-11(9)16-13/h3-5,7H,6,13H2,1-2H3,(H,14,16). The molecular weight excluding hydrogens is 262 g/mol. The fraction of sp³-hybridized carbons (Fsp3) is 0.250. The molecule has 3 N–H and O–H groups in total. The molecule has 2 rings (SSSR count). The van der Waals surface area contributed by atoms with Crippen molar-refractivity contribution in [3.63, 3.8) is 0 Å². The van der Waals surface area contributed by atoms with E-state index in [1.165, 1.54) is 11.3 Å². The third kappa shape index (κ3) is 2.88. The molecule has 2 aromatic heterocycles. The largest absolute Gasteiger partial charge is 0.336 e. The van der Waals surface area contributed by atoms with E-state index in [0.29, 0.717) is 17.9 Å². The van der Waals surface area contributed by atoms with Crippen LogP contribution in [0.4, 0.5) is 5.82 Å². The molecule has 6 nitrogen and oxygen atoms in total. The minimum Gasteiger partial charge on any atom is -0.336 e. The van der Waals surface area contributed by atoms with Gasteiger partial charge in [-0.25, -0.2) is 15.8 Å². The van der Waals surface area contributed by atoms with Gasteiger partial charge in [0.2, 0.25) is 0 Å². The Kier molecular flexibility index (Phi) is 4.08. The molecule has 0 aliphatic heterocycles. The summed E-state index contributed by atoms with van der Waals surface area (Å²) in [6.07, 6.45) is 1.58. The number of carbonyl (C=O) groups is 1. The SMILES string of the molecule is Cc1ncsc1CN(C)C(=O)c1cccnc1NN. The molecule has 0 saturated carbocycles. The smallest absolute Gasteiger partial charge is 0.257 e. The lowest BCUT2D eigenvalue weighted by molar-refractivity contribution is 0.0787. The van der Waals surface area contributed by atoms with Crippen molar-refractivity contribution in [2.45, 2.75) is 13.5 Å². The summed E-state index contributed by atoms with van der Waals surface area (Å²) in [7, 11) is 1.74. The summed E-state index contributed by atoms with van der Waals surface area (Å²) in [6, 6.07) is 3.40. The van der Waals surface area contributed by atoms with Crippen molar-refractivity contribution >= 4 is 23.1 Å². The Morgan fingerprint density at radius 3 is 2.95 bits per heavy atom. The molecule has 0 aliphatic carbocycles. The van der Waals surface area contributed by atoms with Crippen molar-refractivity contribution in [1.82, 2.24) is 14.9 Å². The van der Waals surface area contributed by atoms with Gasteiger partial charge in [-0.15, -0.1) is 11.3 Å². The van der Waals surface area contributed by atoms with E-state index in [4.69, 9.17) is 5.84 Å². The Morgan fingerprint density at radius 2 is 2.32 bits per heavy atom. The van der Waals surface area contributed by atoms with E-state index in [1.54, 1.807) is 35.8 Å². The number of anilines is 1. The highest BCUT2D eigenvalue weighted by Crippen LogP contribution is 2.17. The second-order valence-electron chi connectivity index (χ2n) is 4.07. The topological polar surface area (TPSA) is 84.1 Å². The van der Waals surface area contributed by atoms with Gasteiger partial charge in [-0.3, -0.25) is 4.79 Å². The molecule has 100 valence electrons. The Bertz CT molecular complexity index is 583. The summed E-state index contributed by atoms with van der Waals surface area (Å²) >= 11 is 1.54. The molecular formula is C12H15N5OS. The molecule has 0 atom stereocenters. The number of nitrogens with one attached hydrogen (secondary N) is 1. The number of rotatable bonds is 4. The number of hydrogen-bond acceptors (Lipinski definition) is 6. The van der Waals surface area contributed by atoms with Crippen LogP contribution in [0.5, 0.6) is 0 Å². The minimum absolute atomic E-state index is 0.131. The van der Waals surface area contributed by atoms with Crippen molar-refractivity contribution in [1.29, 1.82) is 0 Å². The van der Waals surface area contributed by atoms with Gasteiger partial charge >= 0.3 is 0 Å². The van der Waals surface area contributed by atoms with Gasteiger partial charge in [-0.2, -0.15) is 0 Å². The van der Waals surface area contributed by atoms with Crippen LogP contribution in [0, 0.1) is 6.92 Å². The predicted molar refractivity (Wildman–Crippen MR) is 74.7 cm³/mol. The van der Waals surface area contributed by atoms with E-state index in [9.17, 15) is 4.79 Å². The predicted octanol–water partition coefficient (Wildman–Crippen LogP) is 1.40. The Labute approximate surface area is 115 Å². The zero-order chi connectivity index (χ0) is 13.8. The normalized spacial score (nSPS) is 10.3. The first-order chi connectivity index (χ1) is 9.13. The lowest BCUT2D eigenvalue weighted by Crippen LogP contribution is -2.27. The van der Waals surface area contributed by atoms with E-state index in [1.807, 2.05) is 6.92 Å². The van der Waals surface area contributed by atoms with Gasteiger partial charge in [0.15, 0.2) is 5.82 Å². The van der Waals surface area contributed by atoms with Gasteiger partial charge in [0.05, 0.1) is 23.3 Å². The number of hydrazine groups is 1. The summed E-state index contributed by atoms with van der Waals surface area (Å²) in [5.74, 6) is 5.60. The number of aromatic nitrogens is 2. The molecule has 0 unspecified atom stereocenters. The highest BCUT2D eigenvalue weighted by Gasteiger charge is 2.17. The third-order valence-electron chi connectivity index (χ3n) is 2.75. The zero-order valence-electron chi connectivity index (χ0n) is 10.8. The molecule has 0 aliphatic rings. The van der Waals surface area contributed by atoms with Gasteiger partial charge in [0, 0.05) is 18.1 Å². The average molecular weight is 277 g/mol. The Balaban J connectivity index is 2.17. The fourth-order valence-electron chi connectivity index (χ4n) is 1.66. The molecule has 7 heteroatoms. The molecule has 0 aromatic carbocycles. The van der Waals surface area contributed by atoms with Crippen molar-refractivity contribution in [3.8, 4) is 0 Å². The Hall–Kier alpha value is -1.99. The molecule has 0 spiro atoms. The summed E-state index contributed by atoms with van der Waals surface area (Å²) in [5, 5.41) is 0. The first-order valence-corrected chi connectivity index (χ1v) is 6.57. The van der Waals surface area contributed by atoms with Crippen LogP contribution in [-0.2, 0) is 6.54 Å². The van der Waals surface area contributed by atoms with Crippen molar-refractivity contribution in [2.24, 2.45) is 5.84 Å². The highest BCUT2D eigenvalue weighted by molar-refractivity contribution is 7.09. The highest BCUT2D eigenvalue weighted by atomic mass is 32.1. The second-order valence-corrected chi connectivity index (χ2v) is 5.01. The molecule has 2 aromatic rings. The number of pyridine rings is 1. The van der Waals surface area contributed by atoms with Crippen LogP contribution in [0.25, 0.3) is 0 Å². The van der Waals surface area contributed by atoms with Crippen LogP contribution in [0.1, 0.15) is 20.9 Å². The second kappa shape index (κ2) is 5.77. The van der Waals surface area contributed by atoms with E-state index in [2.05, 4.69) is 15.4 Å².